The van der Waals surface area contributed by atoms with Gasteiger partial charge in [-0.25, -0.2) is 18.1 Å². The van der Waals surface area contributed by atoms with Crippen molar-refractivity contribution in [1.29, 1.82) is 0 Å². The molecule has 2 N–H and O–H groups in total. The van der Waals surface area contributed by atoms with Crippen LogP contribution in [0, 0.1) is 0 Å². The van der Waals surface area contributed by atoms with Crippen molar-refractivity contribution in [2.24, 2.45) is 0 Å². The van der Waals surface area contributed by atoms with E-state index in [0.29, 0.717) is 31.3 Å². The molecule has 0 fully saturated rings. The molecule has 1 aromatic rings. The Morgan fingerprint density at radius 1 is 1.45 bits per heavy atom. The molecule has 0 unspecified atom stereocenters. The summed E-state index contributed by atoms with van der Waals surface area (Å²) in [4.78, 5) is 17.4. The summed E-state index contributed by atoms with van der Waals surface area (Å²) in [6, 6.07) is 0. The summed E-state index contributed by atoms with van der Waals surface area (Å²) in [5.74, 6) is -0.0290. The highest BCUT2D eigenvalue weighted by atomic mass is 32.2. The Bertz CT molecular complexity index is 542. The highest BCUT2D eigenvalue weighted by molar-refractivity contribution is 7.88. The van der Waals surface area contributed by atoms with Crippen LogP contribution in [0.5, 0.6) is 0 Å². The van der Waals surface area contributed by atoms with E-state index in [-0.39, 0.29) is 5.91 Å². The highest BCUT2D eigenvalue weighted by Gasteiger charge is 2.13. The number of hydrogen-bond acceptors (Lipinski definition) is 6. The summed E-state index contributed by atoms with van der Waals surface area (Å²) in [6.45, 7) is 5.40. The van der Waals surface area contributed by atoms with E-state index in [1.807, 2.05) is 12.3 Å². The van der Waals surface area contributed by atoms with Crippen LogP contribution in [0.25, 0.3) is 0 Å². The highest BCUT2D eigenvalue weighted by Crippen LogP contribution is 2.20. The monoisotopic (exact) mass is 320 g/mol. The van der Waals surface area contributed by atoms with Crippen molar-refractivity contribution in [2.45, 2.75) is 20.4 Å². The Hall–Kier alpha value is -1.03. The zero-order valence-electron chi connectivity index (χ0n) is 11.8. The summed E-state index contributed by atoms with van der Waals surface area (Å²) in [7, 11) is -3.14. The minimum atomic E-state index is -3.14. The predicted octanol–water partition coefficient (Wildman–Crippen LogP) is 0.155. The molecule has 0 aliphatic heterocycles. The molecule has 114 valence electrons. The molecule has 1 amide bonds. The lowest BCUT2D eigenvalue weighted by molar-refractivity contribution is -0.116. The molecule has 0 aliphatic carbocycles. The Balaban J connectivity index is 2.39. The lowest BCUT2D eigenvalue weighted by Crippen LogP contribution is -2.31. The van der Waals surface area contributed by atoms with Gasteiger partial charge in [-0.1, -0.05) is 0 Å². The number of hydrogen-bond donors (Lipinski definition) is 2. The lowest BCUT2D eigenvalue weighted by atomic mass is 10.4. The van der Waals surface area contributed by atoms with Gasteiger partial charge in [-0.3, -0.25) is 9.69 Å². The predicted molar refractivity (Wildman–Crippen MR) is 80.4 cm³/mol. The van der Waals surface area contributed by atoms with Crippen molar-refractivity contribution in [1.82, 2.24) is 15.0 Å². The second-order valence-corrected chi connectivity index (χ2v) is 6.90. The normalized spacial score (nSPS) is 11.6. The van der Waals surface area contributed by atoms with Gasteiger partial charge in [-0.05, 0) is 6.92 Å². The van der Waals surface area contributed by atoms with E-state index in [4.69, 9.17) is 0 Å². The number of rotatable bonds is 8. The standard InChI is InChI=1S/C11H20N4O3S2/c1-4-15(9(2)16)11-14-10(8-19-11)7-12-5-6-13-20(3,17)18/h8,12-13H,4-7H2,1-3H3. The number of aromatic nitrogens is 1. The number of carbonyl (C=O) groups excluding carboxylic acids is 1. The van der Waals surface area contributed by atoms with Gasteiger partial charge in [0, 0.05) is 38.5 Å². The maximum atomic E-state index is 11.4. The van der Waals surface area contributed by atoms with Crippen molar-refractivity contribution in [3.63, 3.8) is 0 Å². The number of sulfonamides is 1. The van der Waals surface area contributed by atoms with E-state index in [2.05, 4.69) is 15.0 Å². The third-order valence-electron chi connectivity index (χ3n) is 2.44. The van der Waals surface area contributed by atoms with Crippen molar-refractivity contribution in [3.8, 4) is 0 Å². The molecule has 1 heterocycles. The average molecular weight is 320 g/mol. The Labute approximate surface area is 123 Å². The molecule has 0 radical (unpaired) electrons. The van der Waals surface area contributed by atoms with Gasteiger partial charge in [-0.2, -0.15) is 0 Å². The first-order valence-electron chi connectivity index (χ1n) is 6.21. The molecule has 0 aliphatic rings. The third kappa shape index (κ3) is 5.95. The molecule has 1 rings (SSSR count). The smallest absolute Gasteiger partial charge is 0.225 e. The summed E-state index contributed by atoms with van der Waals surface area (Å²) in [6.07, 6.45) is 1.13. The summed E-state index contributed by atoms with van der Waals surface area (Å²) < 4.78 is 24.1. The number of amides is 1. The van der Waals surface area contributed by atoms with E-state index < -0.39 is 10.0 Å². The van der Waals surface area contributed by atoms with Crippen molar-refractivity contribution in [2.75, 3.05) is 30.8 Å². The number of nitrogens with zero attached hydrogens (tertiary/aromatic N) is 2. The van der Waals surface area contributed by atoms with Crippen LogP contribution in [0.15, 0.2) is 5.38 Å². The number of carbonyl (C=O) groups is 1. The van der Waals surface area contributed by atoms with Gasteiger partial charge >= 0.3 is 0 Å². The molecule has 0 bridgehead atoms. The summed E-state index contributed by atoms with van der Waals surface area (Å²) in [5.41, 5.74) is 0.837. The number of thiazole rings is 1. The minimum absolute atomic E-state index is 0.0290. The summed E-state index contributed by atoms with van der Waals surface area (Å²) in [5, 5.41) is 5.66. The molecule has 0 saturated carbocycles. The SMILES string of the molecule is CCN(C(C)=O)c1nc(CNCCNS(C)(=O)=O)cs1. The zero-order valence-corrected chi connectivity index (χ0v) is 13.5. The van der Waals surface area contributed by atoms with Gasteiger partial charge in [0.15, 0.2) is 5.13 Å². The van der Waals surface area contributed by atoms with Crippen LogP contribution in [-0.2, 0) is 21.4 Å². The second kappa shape index (κ2) is 7.67. The van der Waals surface area contributed by atoms with E-state index in [1.54, 1.807) is 4.90 Å². The van der Waals surface area contributed by atoms with Gasteiger partial charge in [0.2, 0.25) is 15.9 Å². The quantitative estimate of drug-likeness (QED) is 0.666. The average Bonchev–Trinajstić information content (AvgIpc) is 2.76. The zero-order chi connectivity index (χ0) is 15.2. The summed E-state index contributed by atoms with van der Waals surface area (Å²) >= 11 is 1.42. The fourth-order valence-corrected chi connectivity index (χ4v) is 2.94. The fourth-order valence-electron chi connectivity index (χ4n) is 1.54. The fraction of sp³-hybridized carbons (Fsp3) is 0.636. The van der Waals surface area contributed by atoms with Crippen molar-refractivity contribution in [3.05, 3.63) is 11.1 Å². The van der Waals surface area contributed by atoms with Crippen LogP contribution >= 0.6 is 11.3 Å². The molecule has 1 aromatic heterocycles. The number of anilines is 1. The molecule has 0 saturated heterocycles. The maximum Gasteiger partial charge on any atom is 0.225 e. The van der Waals surface area contributed by atoms with E-state index in [9.17, 15) is 13.2 Å². The van der Waals surface area contributed by atoms with Crippen LogP contribution in [0.2, 0.25) is 0 Å². The Morgan fingerprint density at radius 3 is 2.70 bits per heavy atom. The first kappa shape index (κ1) is 17.0. The van der Waals surface area contributed by atoms with Crippen LogP contribution in [0.4, 0.5) is 5.13 Å². The van der Waals surface area contributed by atoms with Crippen molar-refractivity contribution >= 4 is 32.4 Å². The van der Waals surface area contributed by atoms with Gasteiger partial charge in [0.25, 0.3) is 0 Å². The van der Waals surface area contributed by atoms with Gasteiger partial charge in [-0.15, -0.1) is 11.3 Å². The van der Waals surface area contributed by atoms with Crippen LogP contribution in [0.1, 0.15) is 19.5 Å². The molecule has 20 heavy (non-hydrogen) atoms. The molecule has 7 nitrogen and oxygen atoms in total. The maximum absolute atomic E-state index is 11.4. The second-order valence-electron chi connectivity index (χ2n) is 4.23. The topological polar surface area (TPSA) is 91.4 Å². The molecule has 9 heteroatoms. The first-order chi connectivity index (χ1) is 9.33. The molecular weight excluding hydrogens is 300 g/mol. The van der Waals surface area contributed by atoms with E-state index >= 15 is 0 Å². The molecular formula is C11H20N4O3S2. The third-order valence-corrected chi connectivity index (χ3v) is 4.08. The van der Waals surface area contributed by atoms with Gasteiger partial charge in [0.1, 0.15) is 0 Å². The Morgan fingerprint density at radius 2 is 2.15 bits per heavy atom. The minimum Gasteiger partial charge on any atom is -0.310 e. The van der Waals surface area contributed by atoms with Crippen molar-refractivity contribution < 1.29 is 13.2 Å². The molecule has 0 atom stereocenters. The first-order valence-corrected chi connectivity index (χ1v) is 8.98. The largest absolute Gasteiger partial charge is 0.310 e. The van der Waals surface area contributed by atoms with E-state index in [1.165, 1.54) is 18.3 Å². The van der Waals surface area contributed by atoms with Crippen LogP contribution in [0.3, 0.4) is 0 Å². The number of nitrogens with one attached hydrogen (secondary N) is 2. The van der Waals surface area contributed by atoms with Crippen LogP contribution in [-0.4, -0.2) is 45.2 Å². The lowest BCUT2D eigenvalue weighted by Gasteiger charge is -2.14. The van der Waals surface area contributed by atoms with Crippen LogP contribution < -0.4 is 14.9 Å². The molecule has 0 spiro atoms. The Kier molecular flexibility index (Phi) is 6.53. The molecule has 0 aromatic carbocycles. The van der Waals surface area contributed by atoms with Gasteiger partial charge in [0.05, 0.1) is 11.9 Å². The van der Waals surface area contributed by atoms with Gasteiger partial charge < -0.3 is 5.32 Å². The van der Waals surface area contributed by atoms with E-state index in [0.717, 1.165) is 11.9 Å².